The fourth-order valence-electron chi connectivity index (χ4n) is 2.60. The molecule has 29 heavy (non-hydrogen) atoms. The van der Waals surface area contributed by atoms with Crippen LogP contribution in [-0.2, 0) is 9.59 Å². The van der Waals surface area contributed by atoms with Crippen LogP contribution in [-0.4, -0.2) is 34.5 Å². The molecular weight excluding hydrogens is 417 g/mol. The van der Waals surface area contributed by atoms with Gasteiger partial charge in [0.1, 0.15) is 5.82 Å². The Labute approximate surface area is 175 Å². The standard InChI is InChI=1S/C20H16FNO5S2/c1-2-26-16-9-12(7-8-15(16)27-11-18(23)24)10-17-19(25)22(20(28)29-17)14-6-4-3-5-13(14)21/h3-10H,2,11H2,1H3,(H,23,24)/b17-10-. The molecule has 1 N–H and O–H groups in total. The van der Waals surface area contributed by atoms with E-state index in [0.717, 1.165) is 16.7 Å². The van der Waals surface area contributed by atoms with E-state index < -0.39 is 24.3 Å². The molecule has 150 valence electrons. The molecule has 2 aromatic carbocycles. The van der Waals surface area contributed by atoms with E-state index in [-0.39, 0.29) is 15.8 Å². The van der Waals surface area contributed by atoms with E-state index >= 15 is 0 Å². The third kappa shape index (κ3) is 4.75. The minimum atomic E-state index is -1.10. The molecule has 6 nitrogen and oxygen atoms in total. The number of nitrogens with zero attached hydrogens (tertiary/aromatic N) is 1. The molecule has 0 radical (unpaired) electrons. The van der Waals surface area contributed by atoms with Crippen molar-refractivity contribution in [3.8, 4) is 11.5 Å². The van der Waals surface area contributed by atoms with Crippen molar-refractivity contribution in [2.45, 2.75) is 6.92 Å². The van der Waals surface area contributed by atoms with Crippen molar-refractivity contribution in [3.63, 3.8) is 0 Å². The van der Waals surface area contributed by atoms with Crippen molar-refractivity contribution in [1.82, 2.24) is 0 Å². The van der Waals surface area contributed by atoms with Crippen LogP contribution in [0.3, 0.4) is 0 Å². The van der Waals surface area contributed by atoms with Gasteiger partial charge in [-0.15, -0.1) is 0 Å². The lowest BCUT2D eigenvalue weighted by atomic mass is 10.1. The number of thioether (sulfide) groups is 1. The summed E-state index contributed by atoms with van der Waals surface area (Å²) in [5.74, 6) is -1.43. The normalized spacial score (nSPS) is 15.1. The zero-order valence-electron chi connectivity index (χ0n) is 15.3. The minimum absolute atomic E-state index is 0.103. The van der Waals surface area contributed by atoms with E-state index in [1.165, 1.54) is 18.2 Å². The van der Waals surface area contributed by atoms with Gasteiger partial charge in [-0.3, -0.25) is 9.69 Å². The Morgan fingerprint density at radius 2 is 2.00 bits per heavy atom. The van der Waals surface area contributed by atoms with Crippen LogP contribution in [0.15, 0.2) is 47.4 Å². The molecule has 9 heteroatoms. The van der Waals surface area contributed by atoms with Gasteiger partial charge in [-0.1, -0.05) is 42.2 Å². The lowest BCUT2D eigenvalue weighted by Gasteiger charge is -2.15. The van der Waals surface area contributed by atoms with Crippen molar-refractivity contribution in [2.75, 3.05) is 18.1 Å². The molecule has 1 amide bonds. The molecular formula is C20H16FNO5S2. The largest absolute Gasteiger partial charge is 0.490 e. The van der Waals surface area contributed by atoms with Crippen LogP contribution in [0.1, 0.15) is 12.5 Å². The summed E-state index contributed by atoms with van der Waals surface area (Å²) in [5, 5.41) is 8.77. The average molecular weight is 433 g/mol. The van der Waals surface area contributed by atoms with E-state index in [1.54, 1.807) is 37.3 Å². The molecule has 0 atom stereocenters. The number of anilines is 1. The first-order valence-electron chi connectivity index (χ1n) is 8.54. The quantitative estimate of drug-likeness (QED) is 0.521. The number of hydrogen-bond donors (Lipinski definition) is 1. The van der Waals surface area contributed by atoms with Crippen molar-refractivity contribution >= 4 is 51.9 Å². The van der Waals surface area contributed by atoms with Gasteiger partial charge >= 0.3 is 5.97 Å². The Morgan fingerprint density at radius 1 is 1.24 bits per heavy atom. The fraction of sp³-hybridized carbons (Fsp3) is 0.150. The summed E-state index contributed by atoms with van der Waals surface area (Å²) in [7, 11) is 0. The number of ether oxygens (including phenoxy) is 2. The number of aliphatic carboxylic acids is 1. The Bertz CT molecular complexity index is 1010. The van der Waals surface area contributed by atoms with Crippen LogP contribution in [0, 0.1) is 5.82 Å². The monoisotopic (exact) mass is 433 g/mol. The Kier molecular flexibility index (Phi) is 6.50. The molecule has 0 unspecified atom stereocenters. The first kappa shape index (κ1) is 20.8. The molecule has 0 saturated carbocycles. The SMILES string of the molecule is CCOc1cc(/C=C2\SC(=S)N(c3ccccc3F)C2=O)ccc1OCC(=O)O. The van der Waals surface area contributed by atoms with Gasteiger partial charge in [-0.25, -0.2) is 9.18 Å². The van der Waals surface area contributed by atoms with Crippen molar-refractivity contribution < 1.29 is 28.6 Å². The van der Waals surface area contributed by atoms with Crippen molar-refractivity contribution in [2.24, 2.45) is 0 Å². The van der Waals surface area contributed by atoms with Gasteiger partial charge in [-0.05, 0) is 42.8 Å². The zero-order valence-corrected chi connectivity index (χ0v) is 16.9. The number of carbonyl (C=O) groups excluding carboxylic acids is 1. The molecule has 1 fully saturated rings. The molecule has 1 heterocycles. The number of hydrogen-bond acceptors (Lipinski definition) is 6. The summed E-state index contributed by atoms with van der Waals surface area (Å²) in [6, 6.07) is 10.8. The van der Waals surface area contributed by atoms with Gasteiger partial charge < -0.3 is 14.6 Å². The van der Waals surface area contributed by atoms with Gasteiger partial charge in [0, 0.05) is 0 Å². The van der Waals surface area contributed by atoms with Crippen molar-refractivity contribution in [3.05, 3.63) is 58.8 Å². The summed E-state index contributed by atoms with van der Waals surface area (Å²) >= 11 is 6.33. The van der Waals surface area contributed by atoms with E-state index in [0.29, 0.717) is 22.8 Å². The number of rotatable bonds is 7. The maximum atomic E-state index is 14.1. The smallest absolute Gasteiger partial charge is 0.341 e. The molecule has 1 saturated heterocycles. The summed E-state index contributed by atoms with van der Waals surface area (Å²) < 4.78 is 25.1. The van der Waals surface area contributed by atoms with Crippen LogP contribution < -0.4 is 14.4 Å². The highest BCUT2D eigenvalue weighted by molar-refractivity contribution is 8.27. The second kappa shape index (κ2) is 9.06. The summed E-state index contributed by atoms with van der Waals surface area (Å²) in [5.41, 5.74) is 0.732. The Balaban J connectivity index is 1.89. The van der Waals surface area contributed by atoms with Crippen LogP contribution in [0.2, 0.25) is 0 Å². The first-order chi connectivity index (χ1) is 13.9. The lowest BCUT2D eigenvalue weighted by Crippen LogP contribution is -2.28. The highest BCUT2D eigenvalue weighted by Crippen LogP contribution is 2.38. The molecule has 3 rings (SSSR count). The minimum Gasteiger partial charge on any atom is -0.490 e. The van der Waals surface area contributed by atoms with Gasteiger partial charge in [0.25, 0.3) is 5.91 Å². The topological polar surface area (TPSA) is 76.1 Å². The van der Waals surface area contributed by atoms with Crippen LogP contribution >= 0.6 is 24.0 Å². The fourth-order valence-corrected chi connectivity index (χ4v) is 3.89. The predicted molar refractivity (Wildman–Crippen MR) is 113 cm³/mol. The van der Waals surface area contributed by atoms with E-state index in [2.05, 4.69) is 0 Å². The molecule has 0 bridgehead atoms. The molecule has 1 aliphatic rings. The summed E-state index contributed by atoms with van der Waals surface area (Å²) in [6.45, 7) is 1.64. The highest BCUT2D eigenvalue weighted by atomic mass is 32.2. The number of thiocarbonyl (C=S) groups is 1. The second-order valence-corrected chi connectivity index (χ2v) is 7.47. The van der Waals surface area contributed by atoms with Gasteiger partial charge in [0.15, 0.2) is 22.4 Å². The number of carbonyl (C=O) groups is 2. The first-order valence-corrected chi connectivity index (χ1v) is 9.77. The number of carboxylic acid groups (broad SMARTS) is 1. The predicted octanol–water partition coefficient (Wildman–Crippen LogP) is 4.09. The number of halogens is 1. The Hall–Kier alpha value is -2.91. The average Bonchev–Trinajstić information content (AvgIpc) is 2.95. The van der Waals surface area contributed by atoms with Gasteiger partial charge in [-0.2, -0.15) is 0 Å². The second-order valence-electron chi connectivity index (χ2n) is 5.79. The number of para-hydroxylation sites is 1. The Morgan fingerprint density at radius 3 is 2.69 bits per heavy atom. The van der Waals surface area contributed by atoms with Crippen LogP contribution in [0.25, 0.3) is 6.08 Å². The molecule has 0 aromatic heterocycles. The highest BCUT2D eigenvalue weighted by Gasteiger charge is 2.34. The summed E-state index contributed by atoms with van der Waals surface area (Å²) in [6.07, 6.45) is 1.61. The zero-order chi connectivity index (χ0) is 21.0. The van der Waals surface area contributed by atoms with Crippen molar-refractivity contribution in [1.29, 1.82) is 0 Å². The molecule has 0 aliphatic carbocycles. The van der Waals surface area contributed by atoms with E-state index in [1.807, 2.05) is 0 Å². The van der Waals surface area contributed by atoms with E-state index in [4.69, 9.17) is 26.8 Å². The van der Waals surface area contributed by atoms with Crippen LogP contribution in [0.4, 0.5) is 10.1 Å². The maximum Gasteiger partial charge on any atom is 0.341 e. The number of amides is 1. The third-order valence-electron chi connectivity index (χ3n) is 3.80. The third-order valence-corrected chi connectivity index (χ3v) is 5.11. The maximum absolute atomic E-state index is 14.1. The van der Waals surface area contributed by atoms with Gasteiger partial charge in [0.2, 0.25) is 0 Å². The lowest BCUT2D eigenvalue weighted by molar-refractivity contribution is -0.139. The number of carboxylic acids is 1. The molecule has 1 aliphatic heterocycles. The molecule has 2 aromatic rings. The number of benzene rings is 2. The van der Waals surface area contributed by atoms with E-state index in [9.17, 15) is 14.0 Å². The van der Waals surface area contributed by atoms with Crippen LogP contribution in [0.5, 0.6) is 11.5 Å². The van der Waals surface area contributed by atoms with Gasteiger partial charge in [0.05, 0.1) is 17.2 Å². The summed E-state index contributed by atoms with van der Waals surface area (Å²) in [4.78, 5) is 25.0. The molecule has 0 spiro atoms.